The molecule has 0 unspecified atom stereocenters. The van der Waals surface area contributed by atoms with Crippen molar-refractivity contribution in [1.29, 1.82) is 5.26 Å². The van der Waals surface area contributed by atoms with Gasteiger partial charge in [0.2, 0.25) is 5.88 Å². The van der Waals surface area contributed by atoms with Gasteiger partial charge in [-0.05, 0) is 30.9 Å². The Labute approximate surface area is 180 Å². The quantitative estimate of drug-likeness (QED) is 0.603. The van der Waals surface area contributed by atoms with Gasteiger partial charge in [-0.3, -0.25) is 0 Å². The van der Waals surface area contributed by atoms with Gasteiger partial charge in [0.15, 0.2) is 0 Å². The molecule has 0 radical (unpaired) electrons. The lowest BCUT2D eigenvalue weighted by Gasteiger charge is -2.29. The van der Waals surface area contributed by atoms with Gasteiger partial charge in [0.1, 0.15) is 28.7 Å². The summed E-state index contributed by atoms with van der Waals surface area (Å²) in [6.45, 7) is 1.97. The molecule has 0 N–H and O–H groups in total. The molecule has 0 aromatic carbocycles. The molecule has 0 bridgehead atoms. The summed E-state index contributed by atoms with van der Waals surface area (Å²) >= 11 is 0. The van der Waals surface area contributed by atoms with Crippen LogP contribution in [0, 0.1) is 17.2 Å². The summed E-state index contributed by atoms with van der Waals surface area (Å²) in [4.78, 5) is 11.4. The molecule has 0 amide bonds. The lowest BCUT2D eigenvalue weighted by molar-refractivity contribution is 0.287. The van der Waals surface area contributed by atoms with Crippen LogP contribution in [0.25, 0.3) is 16.8 Å². The highest BCUT2D eigenvalue weighted by atomic mass is 32.2. The van der Waals surface area contributed by atoms with E-state index in [9.17, 15) is 9.47 Å². The standard InChI is InChI=1S/C21H23N7O2S/c1-23-31(29)8-6-27(7-9-31)18-5-4-16(11-24-18)20-21-17(10-22)12-25-28(21)13-19(26-20)30-14-15-2-3-15/h4-5,11-13,15H,2-3,6-9,14H2,1H3. The maximum absolute atomic E-state index is 12.4. The topological polar surface area (TPSA) is 109 Å². The van der Waals surface area contributed by atoms with Crippen LogP contribution in [0.4, 0.5) is 5.82 Å². The highest BCUT2D eigenvalue weighted by molar-refractivity contribution is 7.93. The number of nitrogens with zero attached hydrogens (tertiary/aromatic N) is 7. The SMILES string of the molecule is CN=S1(=O)CCN(c2ccc(-c3nc(OCC4CC4)cn4ncc(C#N)c34)cn2)CC1. The van der Waals surface area contributed by atoms with Gasteiger partial charge in [-0.25, -0.2) is 23.1 Å². The molecule has 2 aliphatic rings. The Balaban J connectivity index is 1.46. The summed E-state index contributed by atoms with van der Waals surface area (Å²) in [6.07, 6.45) is 7.40. The number of ether oxygens (including phenoxy) is 1. The Morgan fingerprint density at radius 3 is 2.74 bits per heavy atom. The van der Waals surface area contributed by atoms with Crippen molar-refractivity contribution in [2.75, 3.05) is 43.1 Å². The van der Waals surface area contributed by atoms with Crippen LogP contribution in [0.3, 0.4) is 0 Å². The van der Waals surface area contributed by atoms with E-state index >= 15 is 0 Å². The summed E-state index contributed by atoms with van der Waals surface area (Å²) in [5, 5.41) is 13.8. The Hall–Kier alpha value is -3.19. The number of hydrogen-bond acceptors (Lipinski definition) is 8. The van der Waals surface area contributed by atoms with Crippen LogP contribution in [0.5, 0.6) is 5.88 Å². The summed E-state index contributed by atoms with van der Waals surface area (Å²) < 4.78 is 24.0. The monoisotopic (exact) mass is 437 g/mol. The highest BCUT2D eigenvalue weighted by Crippen LogP contribution is 2.31. The molecule has 1 saturated carbocycles. The van der Waals surface area contributed by atoms with E-state index in [0.29, 0.717) is 59.8 Å². The second-order valence-corrected chi connectivity index (χ2v) is 10.6. The van der Waals surface area contributed by atoms with Crippen LogP contribution in [-0.4, -0.2) is 62.0 Å². The molecule has 9 nitrogen and oxygen atoms in total. The highest BCUT2D eigenvalue weighted by Gasteiger charge is 2.24. The third kappa shape index (κ3) is 3.93. The van der Waals surface area contributed by atoms with Gasteiger partial charge >= 0.3 is 0 Å². The third-order valence-electron chi connectivity index (χ3n) is 5.80. The van der Waals surface area contributed by atoms with Gasteiger partial charge < -0.3 is 9.64 Å². The van der Waals surface area contributed by atoms with E-state index in [-0.39, 0.29) is 0 Å². The predicted molar refractivity (Wildman–Crippen MR) is 118 cm³/mol. The fourth-order valence-electron chi connectivity index (χ4n) is 3.68. The minimum Gasteiger partial charge on any atom is -0.476 e. The second-order valence-electron chi connectivity index (χ2n) is 7.90. The van der Waals surface area contributed by atoms with E-state index in [4.69, 9.17) is 4.74 Å². The normalized spacial score (nSPS) is 18.0. The molecule has 31 heavy (non-hydrogen) atoms. The fourth-order valence-corrected chi connectivity index (χ4v) is 5.26. The number of nitriles is 1. The van der Waals surface area contributed by atoms with Crippen molar-refractivity contribution < 1.29 is 8.95 Å². The first kappa shape index (κ1) is 19.8. The van der Waals surface area contributed by atoms with Gasteiger partial charge in [0, 0.05) is 53.1 Å². The molecule has 10 heteroatoms. The number of aromatic nitrogens is 4. The molecule has 1 saturated heterocycles. The van der Waals surface area contributed by atoms with E-state index in [2.05, 4.69) is 30.4 Å². The number of pyridine rings is 1. The predicted octanol–water partition coefficient (Wildman–Crippen LogP) is 2.37. The van der Waals surface area contributed by atoms with Crippen molar-refractivity contribution in [1.82, 2.24) is 19.6 Å². The molecule has 1 aliphatic heterocycles. The van der Waals surface area contributed by atoms with Gasteiger partial charge in [0.05, 0.1) is 19.0 Å². The van der Waals surface area contributed by atoms with Gasteiger partial charge in [-0.1, -0.05) is 0 Å². The molecule has 5 rings (SSSR count). The number of rotatable bonds is 5. The van der Waals surface area contributed by atoms with E-state index in [1.54, 1.807) is 24.0 Å². The molecular formula is C21H23N7O2S. The fraction of sp³-hybridized carbons (Fsp3) is 0.429. The summed E-state index contributed by atoms with van der Waals surface area (Å²) in [7, 11) is -0.434. The second kappa shape index (κ2) is 7.81. The van der Waals surface area contributed by atoms with Crippen LogP contribution in [-0.2, 0) is 9.73 Å². The van der Waals surface area contributed by atoms with E-state index in [0.717, 1.165) is 11.4 Å². The first-order chi connectivity index (χ1) is 15.1. The molecule has 3 aromatic heterocycles. The molecule has 0 atom stereocenters. The minimum absolute atomic E-state index is 0.453. The van der Waals surface area contributed by atoms with Crippen molar-refractivity contribution in [3.63, 3.8) is 0 Å². The zero-order chi connectivity index (χ0) is 21.4. The van der Waals surface area contributed by atoms with Crippen molar-refractivity contribution in [2.45, 2.75) is 12.8 Å². The first-order valence-electron chi connectivity index (χ1n) is 10.3. The largest absolute Gasteiger partial charge is 0.476 e. The molecular weight excluding hydrogens is 414 g/mol. The molecule has 3 aromatic rings. The smallest absolute Gasteiger partial charge is 0.232 e. The maximum Gasteiger partial charge on any atom is 0.232 e. The number of fused-ring (bicyclic) bond motifs is 1. The van der Waals surface area contributed by atoms with Gasteiger partial charge in [-0.2, -0.15) is 10.4 Å². The Morgan fingerprint density at radius 2 is 2.10 bits per heavy atom. The molecule has 2 fully saturated rings. The molecule has 1 aliphatic carbocycles. The Kier molecular flexibility index (Phi) is 4.98. The van der Waals surface area contributed by atoms with Crippen molar-refractivity contribution in [3.8, 4) is 23.2 Å². The van der Waals surface area contributed by atoms with Crippen LogP contribution < -0.4 is 9.64 Å². The lowest BCUT2D eigenvalue weighted by Crippen LogP contribution is -2.40. The maximum atomic E-state index is 12.4. The minimum atomic E-state index is -2.07. The zero-order valence-electron chi connectivity index (χ0n) is 17.3. The Bertz CT molecular complexity index is 1270. The van der Waals surface area contributed by atoms with Crippen molar-refractivity contribution in [3.05, 3.63) is 36.3 Å². The molecule has 160 valence electrons. The summed E-state index contributed by atoms with van der Waals surface area (Å²) in [6, 6.07) is 6.07. The van der Waals surface area contributed by atoms with Gasteiger partial charge in [0.25, 0.3) is 0 Å². The van der Waals surface area contributed by atoms with E-state index < -0.39 is 9.73 Å². The van der Waals surface area contributed by atoms with Crippen molar-refractivity contribution in [2.24, 2.45) is 10.3 Å². The van der Waals surface area contributed by atoms with Crippen LogP contribution >= 0.6 is 0 Å². The average molecular weight is 438 g/mol. The lowest BCUT2D eigenvalue weighted by atomic mass is 10.1. The van der Waals surface area contributed by atoms with Crippen LogP contribution in [0.15, 0.2) is 35.1 Å². The average Bonchev–Trinajstić information content (AvgIpc) is 3.55. The molecule has 0 spiro atoms. The van der Waals surface area contributed by atoms with Crippen LogP contribution in [0.2, 0.25) is 0 Å². The summed E-state index contributed by atoms with van der Waals surface area (Å²) in [5.41, 5.74) is 2.49. The van der Waals surface area contributed by atoms with Crippen LogP contribution in [0.1, 0.15) is 18.4 Å². The number of anilines is 1. The van der Waals surface area contributed by atoms with Crippen molar-refractivity contribution >= 4 is 21.1 Å². The van der Waals surface area contributed by atoms with Gasteiger partial charge in [-0.15, -0.1) is 0 Å². The summed E-state index contributed by atoms with van der Waals surface area (Å²) in [5.74, 6) is 3.02. The zero-order valence-corrected chi connectivity index (χ0v) is 18.1. The van der Waals surface area contributed by atoms with E-state index in [1.165, 1.54) is 19.0 Å². The first-order valence-corrected chi connectivity index (χ1v) is 12.2. The third-order valence-corrected chi connectivity index (χ3v) is 8.10. The molecule has 4 heterocycles. The Morgan fingerprint density at radius 1 is 1.29 bits per heavy atom. The van der Waals surface area contributed by atoms with E-state index in [1.807, 2.05) is 12.1 Å². The number of hydrogen-bond donors (Lipinski definition) is 0.